The number of hydrogen-bond donors (Lipinski definition) is 2. The van der Waals surface area contributed by atoms with Crippen LogP contribution in [0.3, 0.4) is 0 Å². The maximum atomic E-state index is 11.6. The van der Waals surface area contributed by atoms with Crippen molar-refractivity contribution in [2.24, 2.45) is 0 Å². The Hall–Kier alpha value is -1.75. The summed E-state index contributed by atoms with van der Waals surface area (Å²) in [5.41, 5.74) is 1.23. The van der Waals surface area contributed by atoms with E-state index in [1.54, 1.807) is 7.11 Å². The molecule has 0 spiro atoms. The Morgan fingerprint density at radius 2 is 2.15 bits per heavy atom. The number of amides is 2. The minimum atomic E-state index is -0.123. The van der Waals surface area contributed by atoms with E-state index < -0.39 is 0 Å². The highest BCUT2D eigenvalue weighted by molar-refractivity contribution is 5.73. The van der Waals surface area contributed by atoms with Gasteiger partial charge in [-0.15, -0.1) is 0 Å². The van der Waals surface area contributed by atoms with Crippen LogP contribution in [-0.4, -0.2) is 45.4 Å². The van der Waals surface area contributed by atoms with E-state index >= 15 is 0 Å². The van der Waals surface area contributed by atoms with Gasteiger partial charge in [0.15, 0.2) is 0 Å². The van der Waals surface area contributed by atoms with Gasteiger partial charge in [0.25, 0.3) is 0 Å². The average molecular weight is 277 g/mol. The second-order valence-corrected chi connectivity index (χ2v) is 4.95. The molecular formula is C15H23N3O2. The van der Waals surface area contributed by atoms with Gasteiger partial charge in [-0.25, -0.2) is 4.79 Å². The summed E-state index contributed by atoms with van der Waals surface area (Å²) in [6, 6.07) is 10.6. The van der Waals surface area contributed by atoms with Crippen LogP contribution in [0.25, 0.3) is 0 Å². The molecule has 5 heteroatoms. The number of nitrogens with zero attached hydrogens (tertiary/aromatic N) is 1. The van der Waals surface area contributed by atoms with Crippen LogP contribution in [0.15, 0.2) is 30.3 Å². The largest absolute Gasteiger partial charge is 0.383 e. The predicted molar refractivity (Wildman–Crippen MR) is 80.1 cm³/mol. The van der Waals surface area contributed by atoms with Crippen LogP contribution in [0.2, 0.25) is 0 Å². The quantitative estimate of drug-likeness (QED) is 0.777. The van der Waals surface area contributed by atoms with E-state index in [1.165, 1.54) is 12.1 Å². The van der Waals surface area contributed by atoms with Gasteiger partial charge in [-0.05, 0) is 25.0 Å². The van der Waals surface area contributed by atoms with Crippen molar-refractivity contribution >= 4 is 11.7 Å². The molecule has 20 heavy (non-hydrogen) atoms. The lowest BCUT2D eigenvalue weighted by Crippen LogP contribution is -2.44. The van der Waals surface area contributed by atoms with Gasteiger partial charge < -0.3 is 20.3 Å². The van der Waals surface area contributed by atoms with E-state index in [1.807, 2.05) is 6.07 Å². The Morgan fingerprint density at radius 1 is 1.35 bits per heavy atom. The lowest BCUT2D eigenvalue weighted by Gasteiger charge is -2.27. The highest BCUT2D eigenvalue weighted by Crippen LogP contribution is 2.24. The minimum Gasteiger partial charge on any atom is -0.383 e. The van der Waals surface area contributed by atoms with Crippen molar-refractivity contribution in [2.45, 2.75) is 18.9 Å². The van der Waals surface area contributed by atoms with E-state index in [4.69, 9.17) is 4.74 Å². The monoisotopic (exact) mass is 277 g/mol. The molecule has 1 aromatic rings. The van der Waals surface area contributed by atoms with Crippen LogP contribution in [0, 0.1) is 0 Å². The van der Waals surface area contributed by atoms with Gasteiger partial charge >= 0.3 is 6.03 Å². The van der Waals surface area contributed by atoms with Crippen LogP contribution in [0.5, 0.6) is 0 Å². The SMILES string of the molecule is COCCNC(=O)NCC1CCCN1c1ccccc1. The minimum absolute atomic E-state index is 0.123. The van der Waals surface area contributed by atoms with Crippen LogP contribution in [0.1, 0.15) is 12.8 Å². The van der Waals surface area contributed by atoms with E-state index in [2.05, 4.69) is 39.8 Å². The maximum Gasteiger partial charge on any atom is 0.314 e. The van der Waals surface area contributed by atoms with Crippen LogP contribution in [-0.2, 0) is 4.74 Å². The zero-order chi connectivity index (χ0) is 14.2. The van der Waals surface area contributed by atoms with E-state index in [0.29, 0.717) is 25.7 Å². The van der Waals surface area contributed by atoms with Gasteiger partial charge in [0.2, 0.25) is 0 Å². The molecule has 0 bridgehead atoms. The van der Waals surface area contributed by atoms with Gasteiger partial charge in [-0.1, -0.05) is 18.2 Å². The molecule has 1 unspecified atom stereocenters. The van der Waals surface area contributed by atoms with Gasteiger partial charge in [0.1, 0.15) is 0 Å². The van der Waals surface area contributed by atoms with E-state index in [9.17, 15) is 4.79 Å². The molecule has 110 valence electrons. The second-order valence-electron chi connectivity index (χ2n) is 4.95. The lowest BCUT2D eigenvalue weighted by molar-refractivity contribution is 0.195. The second kappa shape index (κ2) is 7.75. The fourth-order valence-electron chi connectivity index (χ4n) is 2.55. The Labute approximate surface area is 120 Å². The fraction of sp³-hybridized carbons (Fsp3) is 0.533. The van der Waals surface area contributed by atoms with E-state index in [0.717, 1.165) is 13.0 Å². The number of para-hydroxylation sites is 1. The molecule has 1 saturated heterocycles. The molecule has 5 nitrogen and oxygen atoms in total. The summed E-state index contributed by atoms with van der Waals surface area (Å²) in [4.78, 5) is 14.0. The number of urea groups is 1. The molecule has 1 aromatic carbocycles. The third-order valence-corrected chi connectivity index (χ3v) is 3.55. The summed E-state index contributed by atoms with van der Waals surface area (Å²) in [7, 11) is 1.62. The lowest BCUT2D eigenvalue weighted by atomic mass is 10.2. The maximum absolute atomic E-state index is 11.6. The summed E-state index contributed by atoms with van der Waals surface area (Å²) >= 11 is 0. The number of anilines is 1. The molecule has 2 rings (SSSR count). The van der Waals surface area contributed by atoms with Crippen molar-refractivity contribution < 1.29 is 9.53 Å². The first kappa shape index (κ1) is 14.7. The molecule has 0 radical (unpaired) electrons. The Kier molecular flexibility index (Phi) is 5.68. The van der Waals surface area contributed by atoms with Crippen molar-refractivity contribution in [3.05, 3.63) is 30.3 Å². The van der Waals surface area contributed by atoms with Gasteiger partial charge in [0, 0.05) is 38.5 Å². The standard InChI is InChI=1S/C15H23N3O2/c1-20-11-9-16-15(19)17-12-14-8-5-10-18(14)13-6-3-2-4-7-13/h2-4,6-7,14H,5,8-12H2,1H3,(H2,16,17,19). The van der Waals surface area contributed by atoms with Crippen molar-refractivity contribution in [3.8, 4) is 0 Å². The predicted octanol–water partition coefficient (Wildman–Crippen LogP) is 1.60. The third-order valence-electron chi connectivity index (χ3n) is 3.55. The average Bonchev–Trinajstić information content (AvgIpc) is 2.95. The first-order chi connectivity index (χ1) is 9.81. The van der Waals surface area contributed by atoms with Gasteiger partial charge in [-0.3, -0.25) is 0 Å². The van der Waals surface area contributed by atoms with Crippen LogP contribution in [0.4, 0.5) is 10.5 Å². The molecule has 0 aromatic heterocycles. The number of methoxy groups -OCH3 is 1. The Morgan fingerprint density at radius 3 is 2.90 bits per heavy atom. The third kappa shape index (κ3) is 4.13. The summed E-state index contributed by atoms with van der Waals surface area (Å²) in [6.07, 6.45) is 2.29. The smallest absolute Gasteiger partial charge is 0.314 e. The highest BCUT2D eigenvalue weighted by atomic mass is 16.5. The molecule has 1 heterocycles. The van der Waals surface area contributed by atoms with Gasteiger partial charge in [0.05, 0.1) is 6.61 Å². The molecule has 2 amide bonds. The first-order valence-corrected chi connectivity index (χ1v) is 7.13. The summed E-state index contributed by atoms with van der Waals surface area (Å²) in [5.74, 6) is 0. The number of benzene rings is 1. The number of carbonyl (C=O) groups excluding carboxylic acids is 1. The van der Waals surface area contributed by atoms with Gasteiger partial charge in [-0.2, -0.15) is 0 Å². The van der Waals surface area contributed by atoms with Crippen molar-refractivity contribution in [1.29, 1.82) is 0 Å². The number of ether oxygens (including phenoxy) is 1. The summed E-state index contributed by atoms with van der Waals surface area (Å²) in [6.45, 7) is 2.80. The zero-order valence-electron chi connectivity index (χ0n) is 12.0. The normalized spacial score (nSPS) is 18.1. The number of hydrogen-bond acceptors (Lipinski definition) is 3. The molecule has 0 saturated carbocycles. The fourth-order valence-corrected chi connectivity index (χ4v) is 2.55. The Bertz CT molecular complexity index is 411. The molecule has 1 aliphatic rings. The molecule has 1 aliphatic heterocycles. The topological polar surface area (TPSA) is 53.6 Å². The zero-order valence-corrected chi connectivity index (χ0v) is 12.0. The molecular weight excluding hydrogens is 254 g/mol. The first-order valence-electron chi connectivity index (χ1n) is 7.13. The highest BCUT2D eigenvalue weighted by Gasteiger charge is 2.24. The number of carbonyl (C=O) groups is 1. The molecule has 2 N–H and O–H groups in total. The van der Waals surface area contributed by atoms with Crippen molar-refractivity contribution in [3.63, 3.8) is 0 Å². The van der Waals surface area contributed by atoms with Crippen molar-refractivity contribution in [2.75, 3.05) is 38.3 Å². The number of nitrogens with one attached hydrogen (secondary N) is 2. The Balaban J connectivity index is 1.79. The molecule has 1 atom stereocenters. The van der Waals surface area contributed by atoms with Crippen LogP contribution < -0.4 is 15.5 Å². The van der Waals surface area contributed by atoms with E-state index in [-0.39, 0.29) is 6.03 Å². The summed E-state index contributed by atoms with van der Waals surface area (Å²) < 4.78 is 4.89. The molecule has 1 fully saturated rings. The summed E-state index contributed by atoms with van der Waals surface area (Å²) in [5, 5.41) is 5.70. The molecule has 0 aliphatic carbocycles. The van der Waals surface area contributed by atoms with Crippen LogP contribution >= 0.6 is 0 Å². The number of rotatable bonds is 6. The van der Waals surface area contributed by atoms with Crippen molar-refractivity contribution in [1.82, 2.24) is 10.6 Å².